The first-order valence-electron chi connectivity index (χ1n) is 4.44. The van der Waals surface area contributed by atoms with Gasteiger partial charge in [-0.15, -0.1) is 0 Å². The average Bonchev–Trinajstić information content (AvgIpc) is 2.01. The van der Waals surface area contributed by atoms with Gasteiger partial charge in [-0.1, -0.05) is 23.8 Å². The zero-order chi connectivity index (χ0) is 10.9. The standard InChI is InChI=1S/C11H14F2O/c1-7-4-5-8(10(12)13)9(6-7)11(2,3)14/h4-6,10,14H,1-3H3. The summed E-state index contributed by atoms with van der Waals surface area (Å²) in [5, 5.41) is 9.71. The van der Waals surface area contributed by atoms with E-state index in [9.17, 15) is 13.9 Å². The van der Waals surface area contributed by atoms with E-state index in [2.05, 4.69) is 0 Å². The lowest BCUT2D eigenvalue weighted by molar-refractivity contribution is 0.0700. The number of aryl methyl sites for hydroxylation is 1. The van der Waals surface area contributed by atoms with Crippen LogP contribution in [0.15, 0.2) is 18.2 Å². The maximum atomic E-state index is 12.6. The van der Waals surface area contributed by atoms with E-state index >= 15 is 0 Å². The van der Waals surface area contributed by atoms with Crippen LogP contribution in [0, 0.1) is 6.92 Å². The van der Waals surface area contributed by atoms with E-state index in [1.165, 1.54) is 19.9 Å². The SMILES string of the molecule is Cc1ccc(C(F)F)c(C(C)(C)O)c1. The fourth-order valence-corrected chi connectivity index (χ4v) is 1.39. The highest BCUT2D eigenvalue weighted by molar-refractivity contribution is 5.35. The average molecular weight is 200 g/mol. The summed E-state index contributed by atoms with van der Waals surface area (Å²) in [4.78, 5) is 0. The molecule has 14 heavy (non-hydrogen) atoms. The van der Waals surface area contributed by atoms with Gasteiger partial charge < -0.3 is 5.11 Å². The van der Waals surface area contributed by atoms with Gasteiger partial charge in [-0.3, -0.25) is 0 Å². The molecule has 78 valence electrons. The van der Waals surface area contributed by atoms with Gasteiger partial charge in [0.1, 0.15) is 0 Å². The lowest BCUT2D eigenvalue weighted by Gasteiger charge is -2.22. The molecule has 0 radical (unpaired) electrons. The van der Waals surface area contributed by atoms with Crippen molar-refractivity contribution in [2.24, 2.45) is 0 Å². The molecular formula is C11H14F2O. The first kappa shape index (κ1) is 11.1. The van der Waals surface area contributed by atoms with Crippen molar-refractivity contribution in [1.29, 1.82) is 0 Å². The molecule has 0 saturated heterocycles. The molecule has 0 aliphatic rings. The lowest BCUT2D eigenvalue weighted by Crippen LogP contribution is -2.18. The van der Waals surface area contributed by atoms with Crippen molar-refractivity contribution in [2.75, 3.05) is 0 Å². The number of rotatable bonds is 2. The Labute approximate surface area is 82.4 Å². The Bertz CT molecular complexity index is 327. The van der Waals surface area contributed by atoms with Crippen LogP contribution in [0.25, 0.3) is 0 Å². The molecule has 0 aromatic heterocycles. The van der Waals surface area contributed by atoms with E-state index in [1.54, 1.807) is 12.1 Å². The summed E-state index contributed by atoms with van der Waals surface area (Å²) in [6.07, 6.45) is -2.54. The summed E-state index contributed by atoms with van der Waals surface area (Å²) in [6.45, 7) is 4.83. The Morgan fingerprint density at radius 2 is 1.86 bits per heavy atom. The van der Waals surface area contributed by atoms with Gasteiger partial charge in [0.2, 0.25) is 0 Å². The highest BCUT2D eigenvalue weighted by atomic mass is 19.3. The zero-order valence-electron chi connectivity index (χ0n) is 8.51. The molecule has 1 N–H and O–H groups in total. The van der Waals surface area contributed by atoms with Crippen LogP contribution in [0.1, 0.15) is 37.0 Å². The summed E-state index contributed by atoms with van der Waals surface area (Å²) in [5.41, 5.74) is -0.153. The van der Waals surface area contributed by atoms with Gasteiger partial charge in [0, 0.05) is 5.56 Å². The van der Waals surface area contributed by atoms with Crippen LogP contribution in [0.5, 0.6) is 0 Å². The number of aliphatic hydroxyl groups is 1. The zero-order valence-corrected chi connectivity index (χ0v) is 8.51. The molecule has 0 aliphatic carbocycles. The van der Waals surface area contributed by atoms with Gasteiger partial charge in [0.25, 0.3) is 6.43 Å². The van der Waals surface area contributed by atoms with Gasteiger partial charge in [-0.05, 0) is 26.3 Å². The Balaban J connectivity index is 3.30. The Hall–Kier alpha value is -0.960. The van der Waals surface area contributed by atoms with E-state index in [-0.39, 0.29) is 5.56 Å². The minimum absolute atomic E-state index is 0.0944. The van der Waals surface area contributed by atoms with Crippen LogP contribution in [-0.4, -0.2) is 5.11 Å². The molecule has 1 aromatic carbocycles. The number of halogens is 2. The van der Waals surface area contributed by atoms with E-state index in [4.69, 9.17) is 0 Å². The predicted octanol–water partition coefficient (Wildman–Crippen LogP) is 3.16. The van der Waals surface area contributed by atoms with Crippen molar-refractivity contribution in [2.45, 2.75) is 32.8 Å². The largest absolute Gasteiger partial charge is 0.386 e. The summed E-state index contributed by atoms with van der Waals surface area (Å²) in [5.74, 6) is 0. The summed E-state index contributed by atoms with van der Waals surface area (Å²) in [6, 6.07) is 4.59. The van der Waals surface area contributed by atoms with Crippen molar-refractivity contribution >= 4 is 0 Å². The Morgan fingerprint density at radius 3 is 2.29 bits per heavy atom. The third-order valence-corrected chi connectivity index (χ3v) is 2.10. The van der Waals surface area contributed by atoms with Gasteiger partial charge in [-0.25, -0.2) is 8.78 Å². The molecule has 0 spiro atoms. The number of alkyl halides is 2. The minimum atomic E-state index is -2.54. The van der Waals surface area contributed by atoms with E-state index < -0.39 is 12.0 Å². The lowest BCUT2D eigenvalue weighted by atomic mass is 9.92. The Kier molecular flexibility index (Phi) is 2.90. The van der Waals surface area contributed by atoms with Crippen molar-refractivity contribution < 1.29 is 13.9 Å². The molecule has 3 heteroatoms. The maximum Gasteiger partial charge on any atom is 0.264 e. The summed E-state index contributed by atoms with van der Waals surface area (Å²) >= 11 is 0. The molecular weight excluding hydrogens is 186 g/mol. The van der Waals surface area contributed by atoms with Gasteiger partial charge in [0.05, 0.1) is 5.60 Å². The molecule has 0 unspecified atom stereocenters. The molecule has 0 aliphatic heterocycles. The summed E-state index contributed by atoms with van der Waals surface area (Å²) in [7, 11) is 0. The molecule has 0 heterocycles. The predicted molar refractivity (Wildman–Crippen MR) is 51.4 cm³/mol. The third kappa shape index (κ3) is 2.29. The monoisotopic (exact) mass is 200 g/mol. The van der Waals surface area contributed by atoms with E-state index in [0.717, 1.165) is 5.56 Å². The Morgan fingerprint density at radius 1 is 1.29 bits per heavy atom. The molecule has 1 rings (SSSR count). The molecule has 1 aromatic rings. The topological polar surface area (TPSA) is 20.2 Å². The second-order valence-corrected chi connectivity index (χ2v) is 3.95. The number of benzene rings is 1. The quantitative estimate of drug-likeness (QED) is 0.777. The van der Waals surface area contributed by atoms with Crippen LogP contribution in [0.4, 0.5) is 8.78 Å². The smallest absolute Gasteiger partial charge is 0.264 e. The number of hydrogen-bond donors (Lipinski definition) is 1. The van der Waals surface area contributed by atoms with Crippen LogP contribution in [0.2, 0.25) is 0 Å². The maximum absolute atomic E-state index is 12.6. The van der Waals surface area contributed by atoms with Gasteiger partial charge in [0.15, 0.2) is 0 Å². The molecule has 0 bridgehead atoms. The van der Waals surface area contributed by atoms with Crippen LogP contribution >= 0.6 is 0 Å². The first-order valence-corrected chi connectivity index (χ1v) is 4.44. The second-order valence-electron chi connectivity index (χ2n) is 3.95. The van der Waals surface area contributed by atoms with Crippen molar-refractivity contribution in [1.82, 2.24) is 0 Å². The highest BCUT2D eigenvalue weighted by Gasteiger charge is 2.23. The van der Waals surface area contributed by atoms with Crippen molar-refractivity contribution in [3.05, 3.63) is 34.9 Å². The van der Waals surface area contributed by atoms with Crippen LogP contribution in [0.3, 0.4) is 0 Å². The molecule has 0 amide bonds. The van der Waals surface area contributed by atoms with Gasteiger partial charge in [-0.2, -0.15) is 0 Å². The normalized spacial score (nSPS) is 12.2. The molecule has 0 saturated carbocycles. The fraction of sp³-hybridized carbons (Fsp3) is 0.455. The van der Waals surface area contributed by atoms with E-state index in [1.807, 2.05) is 6.92 Å². The minimum Gasteiger partial charge on any atom is -0.386 e. The third-order valence-electron chi connectivity index (χ3n) is 2.10. The second kappa shape index (κ2) is 3.65. The highest BCUT2D eigenvalue weighted by Crippen LogP contribution is 2.31. The molecule has 1 nitrogen and oxygen atoms in total. The van der Waals surface area contributed by atoms with E-state index in [0.29, 0.717) is 5.56 Å². The van der Waals surface area contributed by atoms with Gasteiger partial charge >= 0.3 is 0 Å². The number of hydrogen-bond acceptors (Lipinski definition) is 1. The molecule has 0 fully saturated rings. The van der Waals surface area contributed by atoms with Crippen molar-refractivity contribution in [3.8, 4) is 0 Å². The van der Waals surface area contributed by atoms with Crippen LogP contribution in [-0.2, 0) is 5.60 Å². The fourth-order valence-electron chi connectivity index (χ4n) is 1.39. The summed E-state index contributed by atoms with van der Waals surface area (Å²) < 4.78 is 25.2. The first-order chi connectivity index (χ1) is 6.32. The van der Waals surface area contributed by atoms with Crippen LogP contribution < -0.4 is 0 Å². The van der Waals surface area contributed by atoms with Crippen molar-refractivity contribution in [3.63, 3.8) is 0 Å². The molecule has 0 atom stereocenters.